The van der Waals surface area contributed by atoms with E-state index in [4.69, 9.17) is 4.42 Å². The predicted molar refractivity (Wildman–Crippen MR) is 101 cm³/mol. The number of benzene rings is 2. The molecule has 1 aliphatic heterocycles. The zero-order valence-electron chi connectivity index (χ0n) is 13.9. The monoisotopic (exact) mass is 333 g/mol. The van der Waals surface area contributed by atoms with E-state index in [-0.39, 0.29) is 6.04 Å². The Kier molecular flexibility index (Phi) is 3.09. The summed E-state index contributed by atoms with van der Waals surface area (Å²) in [5, 5.41) is 2.62. The van der Waals surface area contributed by atoms with Gasteiger partial charge < -0.3 is 4.42 Å². The number of fused-ring (bicyclic) bond motifs is 4. The molecule has 3 heteroatoms. The van der Waals surface area contributed by atoms with Gasteiger partial charge in [0.15, 0.2) is 0 Å². The van der Waals surface area contributed by atoms with Gasteiger partial charge in [-0.25, -0.2) is 0 Å². The molecule has 3 heterocycles. The summed E-state index contributed by atoms with van der Waals surface area (Å²) < 4.78 is 7.61. The largest absolute Gasteiger partial charge is 0.459 e. The van der Waals surface area contributed by atoms with Gasteiger partial charge in [0.25, 0.3) is 0 Å². The van der Waals surface area contributed by atoms with Crippen LogP contribution in [0, 0.1) is 6.92 Å². The number of nitrogens with zero attached hydrogens (tertiary/aromatic N) is 1. The molecule has 1 aliphatic rings. The van der Waals surface area contributed by atoms with Crippen molar-refractivity contribution in [3.63, 3.8) is 0 Å². The maximum Gasteiger partial charge on any atom is 0.134 e. The van der Waals surface area contributed by atoms with Crippen LogP contribution < -0.4 is 0 Å². The van der Waals surface area contributed by atoms with Crippen molar-refractivity contribution in [2.45, 2.75) is 19.4 Å². The van der Waals surface area contributed by atoms with E-state index in [1.807, 2.05) is 17.4 Å². The van der Waals surface area contributed by atoms with Gasteiger partial charge in [-0.3, -0.25) is 4.90 Å². The van der Waals surface area contributed by atoms with Crippen LogP contribution in [0.1, 0.15) is 27.8 Å². The van der Waals surface area contributed by atoms with E-state index in [9.17, 15) is 0 Å². The Morgan fingerprint density at radius 1 is 1.12 bits per heavy atom. The highest BCUT2D eigenvalue weighted by Gasteiger charge is 2.32. The maximum absolute atomic E-state index is 6.22. The highest BCUT2D eigenvalue weighted by atomic mass is 32.1. The Hall–Kier alpha value is -2.10. The Bertz CT molecular complexity index is 1030. The van der Waals surface area contributed by atoms with Crippen LogP contribution in [0.4, 0.5) is 0 Å². The molecule has 2 nitrogen and oxygen atoms in total. The van der Waals surface area contributed by atoms with E-state index in [0.717, 1.165) is 24.3 Å². The summed E-state index contributed by atoms with van der Waals surface area (Å²) in [6, 6.07) is 17.5. The Morgan fingerprint density at radius 2 is 2.00 bits per heavy atom. The topological polar surface area (TPSA) is 16.4 Å². The van der Waals surface area contributed by atoms with E-state index in [1.165, 1.54) is 31.5 Å². The summed E-state index contributed by atoms with van der Waals surface area (Å²) in [6.07, 6.45) is 1.12. The molecule has 0 bridgehead atoms. The first-order valence-corrected chi connectivity index (χ1v) is 9.23. The predicted octanol–water partition coefficient (Wildman–Crippen LogP) is 5.53. The molecule has 4 aromatic rings. The van der Waals surface area contributed by atoms with E-state index in [1.54, 1.807) is 0 Å². The fraction of sp³-hybridized carbons (Fsp3) is 0.238. The molecule has 1 unspecified atom stereocenters. The fourth-order valence-electron chi connectivity index (χ4n) is 3.86. The molecule has 0 aliphatic carbocycles. The first-order chi connectivity index (χ1) is 11.7. The molecule has 0 saturated heterocycles. The second-order valence-corrected chi connectivity index (χ2v) is 7.85. The molecular weight excluding hydrogens is 314 g/mol. The van der Waals surface area contributed by atoms with Crippen LogP contribution in [-0.4, -0.2) is 18.5 Å². The molecular formula is C21H19NOS. The Labute approximate surface area is 145 Å². The number of hydrogen-bond acceptors (Lipinski definition) is 3. The van der Waals surface area contributed by atoms with Gasteiger partial charge in [0.2, 0.25) is 0 Å². The highest BCUT2D eigenvalue weighted by molar-refractivity contribution is 7.19. The molecule has 2 aromatic heterocycles. The summed E-state index contributed by atoms with van der Waals surface area (Å²) in [4.78, 5) is 3.87. The fourth-order valence-corrected chi connectivity index (χ4v) is 5.27. The molecule has 0 amide bonds. The summed E-state index contributed by atoms with van der Waals surface area (Å²) in [7, 11) is 2.20. The Morgan fingerprint density at radius 3 is 2.88 bits per heavy atom. The molecule has 0 spiro atoms. The maximum atomic E-state index is 6.22. The third-order valence-electron chi connectivity index (χ3n) is 5.10. The van der Waals surface area contributed by atoms with Gasteiger partial charge in [0.1, 0.15) is 17.4 Å². The standard InChI is InChI=1S/C21H19NOS/c1-13-7-8-19-16(11-13)15-9-10-22(2)20(21(15)24-19)18-12-14-5-3-4-6-17(14)23-18/h3-8,11-12,20H,9-10H2,1-2H3. The van der Waals surface area contributed by atoms with E-state index in [0.29, 0.717) is 0 Å². The number of likely N-dealkylation sites (N-methyl/N-ethyl adjacent to an activating group) is 1. The average molecular weight is 333 g/mol. The lowest BCUT2D eigenvalue weighted by Gasteiger charge is -2.31. The third kappa shape index (κ3) is 2.05. The molecule has 0 saturated carbocycles. The molecule has 0 radical (unpaired) electrons. The second-order valence-electron chi connectivity index (χ2n) is 6.76. The molecule has 5 rings (SSSR count). The third-order valence-corrected chi connectivity index (χ3v) is 6.36. The van der Waals surface area contributed by atoms with E-state index in [2.05, 4.69) is 61.3 Å². The van der Waals surface area contributed by atoms with Crippen LogP contribution in [0.25, 0.3) is 21.1 Å². The van der Waals surface area contributed by atoms with Crippen molar-refractivity contribution < 1.29 is 4.42 Å². The van der Waals surface area contributed by atoms with Gasteiger partial charge in [-0.05, 0) is 49.5 Å². The minimum absolute atomic E-state index is 0.221. The van der Waals surface area contributed by atoms with Gasteiger partial charge in [-0.15, -0.1) is 11.3 Å². The minimum atomic E-state index is 0.221. The highest BCUT2D eigenvalue weighted by Crippen LogP contribution is 2.44. The van der Waals surface area contributed by atoms with Crippen LogP contribution in [0.3, 0.4) is 0 Å². The summed E-state index contributed by atoms with van der Waals surface area (Å²) in [5.74, 6) is 1.06. The van der Waals surface area contributed by atoms with Crippen molar-refractivity contribution in [1.82, 2.24) is 4.90 Å². The first-order valence-electron chi connectivity index (χ1n) is 8.41. The smallest absolute Gasteiger partial charge is 0.134 e. The molecule has 120 valence electrons. The zero-order chi connectivity index (χ0) is 16.3. The van der Waals surface area contributed by atoms with Crippen molar-refractivity contribution in [3.05, 3.63) is 70.3 Å². The lowest BCUT2D eigenvalue weighted by Crippen LogP contribution is -2.31. The van der Waals surface area contributed by atoms with Crippen LogP contribution in [0.5, 0.6) is 0 Å². The van der Waals surface area contributed by atoms with E-state index < -0.39 is 0 Å². The summed E-state index contributed by atoms with van der Waals surface area (Å²) >= 11 is 1.92. The normalized spacial score (nSPS) is 18.3. The van der Waals surface area contributed by atoms with Gasteiger partial charge in [0, 0.05) is 21.5 Å². The van der Waals surface area contributed by atoms with Crippen LogP contribution in [0.2, 0.25) is 0 Å². The van der Waals surface area contributed by atoms with Gasteiger partial charge in [0.05, 0.1) is 0 Å². The first kappa shape index (κ1) is 14.3. The molecule has 24 heavy (non-hydrogen) atoms. The lowest BCUT2D eigenvalue weighted by atomic mass is 9.96. The molecule has 0 fully saturated rings. The number of hydrogen-bond donors (Lipinski definition) is 0. The average Bonchev–Trinajstić information content (AvgIpc) is 3.15. The van der Waals surface area contributed by atoms with Gasteiger partial charge >= 0.3 is 0 Å². The summed E-state index contributed by atoms with van der Waals surface area (Å²) in [5.41, 5.74) is 3.83. The van der Waals surface area contributed by atoms with Crippen LogP contribution in [-0.2, 0) is 6.42 Å². The Balaban J connectivity index is 1.73. The van der Waals surface area contributed by atoms with Gasteiger partial charge in [-0.1, -0.05) is 35.9 Å². The number of aryl methyl sites for hydroxylation is 1. The molecule has 2 aromatic carbocycles. The van der Waals surface area contributed by atoms with Crippen LogP contribution in [0.15, 0.2) is 52.9 Å². The van der Waals surface area contributed by atoms with Crippen molar-refractivity contribution in [3.8, 4) is 0 Å². The molecule has 0 N–H and O–H groups in total. The quantitative estimate of drug-likeness (QED) is 0.455. The number of thiophene rings is 1. The zero-order valence-corrected chi connectivity index (χ0v) is 14.7. The number of rotatable bonds is 1. The summed E-state index contributed by atoms with van der Waals surface area (Å²) in [6.45, 7) is 3.24. The van der Waals surface area contributed by atoms with Crippen molar-refractivity contribution in [2.24, 2.45) is 0 Å². The second kappa shape index (κ2) is 5.20. The van der Waals surface area contributed by atoms with Crippen LogP contribution >= 0.6 is 11.3 Å². The van der Waals surface area contributed by atoms with Crippen molar-refractivity contribution in [1.29, 1.82) is 0 Å². The van der Waals surface area contributed by atoms with Crippen molar-refractivity contribution in [2.75, 3.05) is 13.6 Å². The lowest BCUT2D eigenvalue weighted by molar-refractivity contribution is 0.243. The van der Waals surface area contributed by atoms with E-state index >= 15 is 0 Å². The SMILES string of the molecule is Cc1ccc2sc3c(c2c1)CCN(C)C3c1cc2ccccc2o1. The molecule has 1 atom stereocenters. The number of furan rings is 1. The van der Waals surface area contributed by atoms with Crippen molar-refractivity contribution >= 4 is 32.4 Å². The number of para-hydroxylation sites is 1. The minimum Gasteiger partial charge on any atom is -0.459 e. The van der Waals surface area contributed by atoms with Gasteiger partial charge in [-0.2, -0.15) is 0 Å².